The van der Waals surface area contributed by atoms with Crippen LogP contribution in [-0.2, 0) is 9.53 Å². The molecule has 0 aromatic carbocycles. The summed E-state index contributed by atoms with van der Waals surface area (Å²) in [4.78, 5) is 13.4. The highest BCUT2D eigenvalue weighted by Crippen LogP contribution is 2.15. The fraction of sp³-hybridized carbons (Fsp3) is 0.917. The van der Waals surface area contributed by atoms with Gasteiger partial charge in [-0.15, -0.1) is 0 Å². The lowest BCUT2D eigenvalue weighted by atomic mass is 9.97. The van der Waals surface area contributed by atoms with Crippen molar-refractivity contribution in [2.24, 2.45) is 11.5 Å². The van der Waals surface area contributed by atoms with Crippen LogP contribution in [0.5, 0.6) is 0 Å². The van der Waals surface area contributed by atoms with Crippen LogP contribution >= 0.6 is 0 Å². The van der Waals surface area contributed by atoms with Gasteiger partial charge in [0.25, 0.3) is 0 Å². The molecule has 0 aliphatic carbocycles. The summed E-state index contributed by atoms with van der Waals surface area (Å²) in [6.07, 6.45) is 3.13. The summed E-state index contributed by atoms with van der Waals surface area (Å²) >= 11 is 0. The molecule has 17 heavy (non-hydrogen) atoms. The zero-order valence-corrected chi connectivity index (χ0v) is 10.9. The van der Waals surface area contributed by atoms with Crippen LogP contribution in [0.4, 0.5) is 0 Å². The molecule has 1 amide bonds. The van der Waals surface area contributed by atoms with Gasteiger partial charge in [-0.1, -0.05) is 0 Å². The molecule has 1 saturated heterocycles. The first-order chi connectivity index (χ1) is 7.95. The van der Waals surface area contributed by atoms with Crippen LogP contribution in [0.2, 0.25) is 0 Å². The fourth-order valence-corrected chi connectivity index (χ4v) is 2.05. The Bertz CT molecular complexity index is 248. The van der Waals surface area contributed by atoms with Crippen molar-refractivity contribution in [3.8, 4) is 0 Å². The van der Waals surface area contributed by atoms with E-state index >= 15 is 0 Å². The Kier molecular flexibility index (Phi) is 5.36. The minimum Gasteiger partial charge on any atom is -0.378 e. The Morgan fingerprint density at radius 2 is 2.06 bits per heavy atom. The molecule has 5 heteroatoms. The first kappa shape index (κ1) is 14.4. The van der Waals surface area contributed by atoms with Gasteiger partial charge in [0.1, 0.15) is 0 Å². The van der Waals surface area contributed by atoms with Crippen LogP contribution in [-0.4, -0.2) is 48.7 Å². The number of carbonyl (C=O) groups is 1. The van der Waals surface area contributed by atoms with E-state index in [-0.39, 0.29) is 0 Å². The first-order valence-corrected chi connectivity index (χ1v) is 6.38. The highest BCUT2D eigenvalue weighted by molar-refractivity contribution is 5.83. The maximum atomic E-state index is 11.1. The van der Waals surface area contributed by atoms with Gasteiger partial charge in [0.05, 0.1) is 11.6 Å². The molecule has 1 rings (SSSR count). The van der Waals surface area contributed by atoms with Crippen molar-refractivity contribution < 1.29 is 9.53 Å². The van der Waals surface area contributed by atoms with Gasteiger partial charge in [-0.2, -0.15) is 0 Å². The van der Waals surface area contributed by atoms with E-state index in [2.05, 4.69) is 4.90 Å². The number of nitrogens with two attached hydrogens (primary N) is 2. The molecule has 0 bridgehead atoms. The van der Waals surface area contributed by atoms with Crippen LogP contribution in [0.1, 0.15) is 33.1 Å². The van der Waals surface area contributed by atoms with Crippen molar-refractivity contribution in [3.63, 3.8) is 0 Å². The fourth-order valence-electron chi connectivity index (χ4n) is 2.05. The van der Waals surface area contributed by atoms with Crippen molar-refractivity contribution in [1.82, 2.24) is 4.90 Å². The third kappa shape index (κ3) is 4.61. The topological polar surface area (TPSA) is 81.6 Å². The Balaban J connectivity index is 2.25. The summed E-state index contributed by atoms with van der Waals surface area (Å²) in [7, 11) is 0. The number of hydrogen-bond donors (Lipinski definition) is 2. The zero-order chi connectivity index (χ0) is 12.9. The van der Waals surface area contributed by atoms with Crippen molar-refractivity contribution in [2.45, 2.75) is 44.8 Å². The number of amides is 1. The highest BCUT2D eigenvalue weighted by Gasteiger charge is 2.27. The molecule has 1 atom stereocenters. The molecule has 4 N–H and O–H groups in total. The Morgan fingerprint density at radius 1 is 1.47 bits per heavy atom. The largest absolute Gasteiger partial charge is 0.378 e. The molecule has 1 fully saturated rings. The number of hydrogen-bond acceptors (Lipinski definition) is 4. The number of nitrogens with zero attached hydrogens (tertiary/aromatic N) is 1. The summed E-state index contributed by atoms with van der Waals surface area (Å²) in [6, 6.07) is 0. The number of rotatable bonds is 6. The van der Waals surface area contributed by atoms with Crippen LogP contribution in [0.25, 0.3) is 0 Å². The SMILES string of the molecule is CCOC1CCN(CCC(C)(N)C(N)=O)CC1. The average Bonchev–Trinajstić information content (AvgIpc) is 2.28. The van der Waals surface area contributed by atoms with Crippen molar-refractivity contribution >= 4 is 5.91 Å². The number of likely N-dealkylation sites (tertiary alicyclic amines) is 1. The van der Waals surface area contributed by atoms with E-state index in [1.54, 1.807) is 6.92 Å². The molecule has 0 aromatic rings. The van der Waals surface area contributed by atoms with Gasteiger partial charge in [0, 0.05) is 26.2 Å². The van der Waals surface area contributed by atoms with Crippen LogP contribution in [0.15, 0.2) is 0 Å². The summed E-state index contributed by atoms with van der Waals surface area (Å²) < 4.78 is 5.59. The number of primary amides is 1. The smallest absolute Gasteiger partial charge is 0.237 e. The van der Waals surface area contributed by atoms with Gasteiger partial charge < -0.3 is 21.1 Å². The summed E-state index contributed by atoms with van der Waals surface area (Å²) in [5.41, 5.74) is 10.2. The van der Waals surface area contributed by atoms with Crippen molar-refractivity contribution in [2.75, 3.05) is 26.2 Å². The lowest BCUT2D eigenvalue weighted by Gasteiger charge is -2.33. The minimum absolute atomic E-state index is 0.400. The van der Waals surface area contributed by atoms with Gasteiger partial charge >= 0.3 is 0 Å². The van der Waals surface area contributed by atoms with Gasteiger partial charge in [0.15, 0.2) is 0 Å². The van der Waals surface area contributed by atoms with Gasteiger partial charge in [-0.25, -0.2) is 0 Å². The lowest BCUT2D eigenvalue weighted by molar-refractivity contribution is -0.123. The minimum atomic E-state index is -0.892. The molecule has 100 valence electrons. The number of piperidine rings is 1. The molecule has 0 saturated carbocycles. The van der Waals surface area contributed by atoms with Gasteiger partial charge in [0.2, 0.25) is 5.91 Å². The standard InChI is InChI=1S/C12H25N3O2/c1-3-17-10-4-7-15(8-5-10)9-6-12(2,14)11(13)16/h10H,3-9,14H2,1-2H3,(H2,13,16). The molecule has 0 radical (unpaired) electrons. The number of carbonyl (C=O) groups excluding carboxylic acids is 1. The third-order valence-corrected chi connectivity index (χ3v) is 3.45. The van der Waals surface area contributed by atoms with E-state index in [0.29, 0.717) is 12.5 Å². The second kappa shape index (κ2) is 6.33. The van der Waals surface area contributed by atoms with E-state index in [1.165, 1.54) is 0 Å². The zero-order valence-electron chi connectivity index (χ0n) is 10.9. The van der Waals surface area contributed by atoms with Crippen molar-refractivity contribution in [1.29, 1.82) is 0 Å². The Morgan fingerprint density at radius 3 is 2.53 bits per heavy atom. The molecule has 1 aliphatic rings. The van der Waals surface area contributed by atoms with Crippen LogP contribution in [0, 0.1) is 0 Å². The summed E-state index contributed by atoms with van der Waals surface area (Å²) in [6.45, 7) is 7.36. The van der Waals surface area contributed by atoms with E-state index in [4.69, 9.17) is 16.2 Å². The van der Waals surface area contributed by atoms with Gasteiger partial charge in [-0.05, 0) is 33.1 Å². The molecule has 1 aliphatic heterocycles. The van der Waals surface area contributed by atoms with E-state index in [1.807, 2.05) is 6.92 Å². The van der Waals surface area contributed by atoms with E-state index in [0.717, 1.165) is 39.1 Å². The maximum Gasteiger partial charge on any atom is 0.237 e. The van der Waals surface area contributed by atoms with E-state index < -0.39 is 11.4 Å². The predicted molar refractivity (Wildman–Crippen MR) is 67.5 cm³/mol. The maximum absolute atomic E-state index is 11.1. The number of ether oxygens (including phenoxy) is 1. The molecule has 1 heterocycles. The second-order valence-electron chi connectivity index (χ2n) is 5.03. The highest BCUT2D eigenvalue weighted by atomic mass is 16.5. The molecule has 5 nitrogen and oxygen atoms in total. The summed E-state index contributed by atoms with van der Waals surface area (Å²) in [5, 5.41) is 0. The predicted octanol–water partition coefficient (Wildman–Crippen LogP) is 0.0801. The molecular formula is C12H25N3O2. The van der Waals surface area contributed by atoms with Gasteiger partial charge in [-0.3, -0.25) is 4.79 Å². The molecular weight excluding hydrogens is 218 g/mol. The quantitative estimate of drug-likeness (QED) is 0.692. The second-order valence-corrected chi connectivity index (χ2v) is 5.03. The lowest BCUT2D eigenvalue weighted by Crippen LogP contribution is -2.51. The molecule has 0 spiro atoms. The Labute approximate surface area is 103 Å². The monoisotopic (exact) mass is 243 g/mol. The van der Waals surface area contributed by atoms with Crippen LogP contribution in [0.3, 0.4) is 0 Å². The third-order valence-electron chi connectivity index (χ3n) is 3.45. The first-order valence-electron chi connectivity index (χ1n) is 6.38. The normalized spacial score (nSPS) is 22.3. The van der Waals surface area contributed by atoms with Crippen molar-refractivity contribution in [3.05, 3.63) is 0 Å². The molecule has 0 aromatic heterocycles. The Hall–Kier alpha value is -0.650. The van der Waals surface area contributed by atoms with E-state index in [9.17, 15) is 4.79 Å². The molecule has 1 unspecified atom stereocenters. The van der Waals surface area contributed by atoms with Crippen LogP contribution < -0.4 is 11.5 Å². The summed E-state index contributed by atoms with van der Waals surface area (Å²) in [5.74, 6) is -0.429. The average molecular weight is 243 g/mol.